The van der Waals surface area contributed by atoms with E-state index in [-0.39, 0.29) is 30.9 Å². The molecule has 4 N–H and O–H groups in total. The van der Waals surface area contributed by atoms with Crippen LogP contribution in [0.25, 0.3) is 0 Å². The van der Waals surface area contributed by atoms with Crippen LogP contribution in [0.2, 0.25) is 5.02 Å². The van der Waals surface area contributed by atoms with Crippen molar-refractivity contribution in [2.45, 2.75) is 19.9 Å². The van der Waals surface area contributed by atoms with Crippen LogP contribution in [-0.2, 0) is 9.59 Å². The van der Waals surface area contributed by atoms with Gasteiger partial charge in [-0.25, -0.2) is 0 Å². The fourth-order valence-electron chi connectivity index (χ4n) is 1.74. The minimum atomic E-state index is -0.262. The number of likely N-dealkylation sites (N-methyl/N-ethyl adjacent to an activating group) is 1. The van der Waals surface area contributed by atoms with Gasteiger partial charge in [-0.3, -0.25) is 14.5 Å². The van der Waals surface area contributed by atoms with Crippen LogP contribution in [0.15, 0.2) is 18.2 Å². The normalized spacial score (nSPS) is 10.8. The lowest BCUT2D eigenvalue weighted by Gasteiger charge is -2.17. The van der Waals surface area contributed by atoms with E-state index in [2.05, 4.69) is 10.6 Å². The van der Waals surface area contributed by atoms with E-state index in [0.717, 1.165) is 0 Å². The summed E-state index contributed by atoms with van der Waals surface area (Å²) in [5, 5.41) is 5.85. The van der Waals surface area contributed by atoms with Gasteiger partial charge in [0.2, 0.25) is 11.8 Å². The molecule has 0 aliphatic rings. The Morgan fingerprint density at radius 1 is 1.29 bits per heavy atom. The number of hydrogen-bond donors (Lipinski definition) is 3. The van der Waals surface area contributed by atoms with Crippen molar-refractivity contribution in [2.24, 2.45) is 0 Å². The minimum Gasteiger partial charge on any atom is -0.399 e. The minimum absolute atomic E-state index is 0.0748. The van der Waals surface area contributed by atoms with Crippen LogP contribution >= 0.6 is 11.6 Å². The molecule has 0 aliphatic carbocycles. The summed E-state index contributed by atoms with van der Waals surface area (Å²) < 4.78 is 0. The number of nitrogens with two attached hydrogens (primary N) is 1. The highest BCUT2D eigenvalue weighted by molar-refractivity contribution is 6.33. The van der Waals surface area contributed by atoms with E-state index in [1.807, 2.05) is 13.8 Å². The Labute approximate surface area is 129 Å². The van der Waals surface area contributed by atoms with Gasteiger partial charge < -0.3 is 16.4 Å². The van der Waals surface area contributed by atoms with Crippen LogP contribution < -0.4 is 16.4 Å². The number of halogens is 1. The van der Waals surface area contributed by atoms with E-state index in [4.69, 9.17) is 17.3 Å². The number of carbonyl (C=O) groups excluding carboxylic acids is 2. The number of rotatable bonds is 6. The summed E-state index contributed by atoms with van der Waals surface area (Å²) in [6.07, 6.45) is 0. The van der Waals surface area contributed by atoms with Crippen molar-refractivity contribution >= 4 is 34.8 Å². The molecule has 0 unspecified atom stereocenters. The first kappa shape index (κ1) is 17.3. The van der Waals surface area contributed by atoms with Gasteiger partial charge in [0.15, 0.2) is 0 Å². The average Bonchev–Trinajstić information content (AvgIpc) is 2.32. The molecule has 1 aromatic rings. The quantitative estimate of drug-likeness (QED) is 0.691. The summed E-state index contributed by atoms with van der Waals surface area (Å²) in [7, 11) is 1.69. The summed E-state index contributed by atoms with van der Waals surface area (Å²) in [6, 6.07) is 4.93. The standard InChI is InChI=1S/C14H21ClN4O2/c1-9(2)17-13(20)7-19(3)8-14(21)18-12-6-10(16)4-5-11(12)15/h4-6,9H,7-8,16H2,1-3H3,(H,17,20)(H,18,21). The lowest BCUT2D eigenvalue weighted by atomic mass is 10.3. The zero-order valence-corrected chi connectivity index (χ0v) is 13.2. The molecule has 2 amide bonds. The third kappa shape index (κ3) is 6.46. The third-order valence-electron chi connectivity index (χ3n) is 2.54. The molecular formula is C14H21ClN4O2. The molecule has 1 rings (SSSR count). The smallest absolute Gasteiger partial charge is 0.238 e. The molecule has 1 aromatic carbocycles. The van der Waals surface area contributed by atoms with Crippen LogP contribution in [0.1, 0.15) is 13.8 Å². The number of anilines is 2. The van der Waals surface area contributed by atoms with Crippen LogP contribution in [0.5, 0.6) is 0 Å². The zero-order valence-electron chi connectivity index (χ0n) is 12.4. The highest BCUT2D eigenvalue weighted by atomic mass is 35.5. The molecule has 0 heterocycles. The van der Waals surface area contributed by atoms with Crippen molar-refractivity contribution in [1.82, 2.24) is 10.2 Å². The van der Waals surface area contributed by atoms with E-state index in [9.17, 15) is 9.59 Å². The van der Waals surface area contributed by atoms with Gasteiger partial charge in [0.25, 0.3) is 0 Å². The molecule has 0 saturated heterocycles. The highest BCUT2D eigenvalue weighted by Crippen LogP contribution is 2.23. The predicted molar refractivity (Wildman–Crippen MR) is 85.3 cm³/mol. The molecule has 0 fully saturated rings. The molecule has 0 spiro atoms. The molecule has 0 aliphatic heterocycles. The summed E-state index contributed by atoms with van der Waals surface area (Å²) in [5.41, 5.74) is 6.62. The Morgan fingerprint density at radius 3 is 2.52 bits per heavy atom. The van der Waals surface area contributed by atoms with Crippen molar-refractivity contribution < 1.29 is 9.59 Å². The molecule has 21 heavy (non-hydrogen) atoms. The van der Waals surface area contributed by atoms with Crippen molar-refractivity contribution in [1.29, 1.82) is 0 Å². The molecule has 0 radical (unpaired) electrons. The molecule has 7 heteroatoms. The highest BCUT2D eigenvalue weighted by Gasteiger charge is 2.12. The first-order valence-electron chi connectivity index (χ1n) is 6.60. The molecule has 0 atom stereocenters. The van der Waals surface area contributed by atoms with Crippen LogP contribution in [0.3, 0.4) is 0 Å². The number of nitrogens with one attached hydrogen (secondary N) is 2. The lowest BCUT2D eigenvalue weighted by Crippen LogP contribution is -2.41. The van der Waals surface area contributed by atoms with Crippen LogP contribution in [-0.4, -0.2) is 42.9 Å². The Morgan fingerprint density at radius 2 is 1.90 bits per heavy atom. The molecule has 0 aromatic heterocycles. The van der Waals surface area contributed by atoms with E-state index in [1.165, 1.54) is 0 Å². The predicted octanol–water partition coefficient (Wildman–Crippen LogP) is 1.32. The second-order valence-corrected chi connectivity index (χ2v) is 5.59. The molecule has 0 bridgehead atoms. The Balaban J connectivity index is 2.49. The first-order valence-corrected chi connectivity index (χ1v) is 6.98. The molecule has 6 nitrogen and oxygen atoms in total. The fraction of sp³-hybridized carbons (Fsp3) is 0.429. The van der Waals surface area contributed by atoms with Crippen molar-refractivity contribution in [3.05, 3.63) is 23.2 Å². The Bertz CT molecular complexity index is 520. The topological polar surface area (TPSA) is 87.5 Å². The van der Waals surface area contributed by atoms with Gasteiger partial charge >= 0.3 is 0 Å². The van der Waals surface area contributed by atoms with Crippen LogP contribution in [0.4, 0.5) is 11.4 Å². The van der Waals surface area contributed by atoms with Gasteiger partial charge in [-0.1, -0.05) is 11.6 Å². The van der Waals surface area contributed by atoms with Crippen LogP contribution in [0, 0.1) is 0 Å². The van der Waals surface area contributed by atoms with E-state index < -0.39 is 0 Å². The molecular weight excluding hydrogens is 292 g/mol. The maximum atomic E-state index is 11.9. The fourth-order valence-corrected chi connectivity index (χ4v) is 1.91. The summed E-state index contributed by atoms with van der Waals surface area (Å²) in [5.74, 6) is -0.385. The number of carbonyl (C=O) groups is 2. The summed E-state index contributed by atoms with van der Waals surface area (Å²) >= 11 is 5.97. The van der Waals surface area contributed by atoms with Gasteiger partial charge in [0.1, 0.15) is 0 Å². The van der Waals surface area contributed by atoms with E-state index in [1.54, 1.807) is 30.1 Å². The second-order valence-electron chi connectivity index (χ2n) is 5.18. The second kappa shape index (κ2) is 7.85. The molecule has 116 valence electrons. The van der Waals surface area contributed by atoms with Crippen molar-refractivity contribution in [3.8, 4) is 0 Å². The third-order valence-corrected chi connectivity index (χ3v) is 2.87. The number of amides is 2. The summed E-state index contributed by atoms with van der Waals surface area (Å²) in [4.78, 5) is 25.1. The van der Waals surface area contributed by atoms with Gasteiger partial charge in [0, 0.05) is 11.7 Å². The first-order chi connectivity index (χ1) is 9.77. The SMILES string of the molecule is CC(C)NC(=O)CN(C)CC(=O)Nc1cc(N)ccc1Cl. The number of nitrogen functional groups attached to an aromatic ring is 1. The largest absolute Gasteiger partial charge is 0.399 e. The number of benzene rings is 1. The van der Waals surface area contributed by atoms with Gasteiger partial charge in [-0.05, 0) is 39.1 Å². The maximum Gasteiger partial charge on any atom is 0.238 e. The van der Waals surface area contributed by atoms with Gasteiger partial charge in [0.05, 0.1) is 23.8 Å². The average molecular weight is 313 g/mol. The summed E-state index contributed by atoms with van der Waals surface area (Å²) in [6.45, 7) is 3.99. The zero-order chi connectivity index (χ0) is 16.0. The van der Waals surface area contributed by atoms with Crippen molar-refractivity contribution in [2.75, 3.05) is 31.2 Å². The number of hydrogen-bond acceptors (Lipinski definition) is 4. The Hall–Kier alpha value is -1.79. The van der Waals surface area contributed by atoms with Gasteiger partial charge in [-0.2, -0.15) is 0 Å². The maximum absolute atomic E-state index is 11.9. The van der Waals surface area contributed by atoms with Crippen molar-refractivity contribution in [3.63, 3.8) is 0 Å². The lowest BCUT2D eigenvalue weighted by molar-refractivity contribution is -0.123. The monoisotopic (exact) mass is 312 g/mol. The van der Waals surface area contributed by atoms with E-state index >= 15 is 0 Å². The van der Waals surface area contributed by atoms with Gasteiger partial charge in [-0.15, -0.1) is 0 Å². The number of nitrogens with zero attached hydrogens (tertiary/aromatic N) is 1. The molecule has 0 saturated carbocycles. The Kier molecular flexibility index (Phi) is 6.45. The van der Waals surface area contributed by atoms with E-state index in [0.29, 0.717) is 16.4 Å².